The molecule has 1 nitrogen and oxygen atoms in total. The van der Waals surface area contributed by atoms with Crippen LogP contribution in [0.3, 0.4) is 0 Å². The zero-order valence-electron chi connectivity index (χ0n) is 7.72. The van der Waals surface area contributed by atoms with E-state index in [0.717, 1.165) is 12.0 Å². The SMILES string of the molecule is CCC1CC[N+](C)(C)C1C. The van der Waals surface area contributed by atoms with E-state index in [0.29, 0.717) is 0 Å². The number of nitrogens with zero attached hydrogens (tertiary/aromatic N) is 1. The Morgan fingerprint density at radius 3 is 2.20 bits per heavy atom. The summed E-state index contributed by atoms with van der Waals surface area (Å²) in [6.07, 6.45) is 2.80. The first-order chi connectivity index (χ1) is 4.58. The van der Waals surface area contributed by atoms with Crippen molar-refractivity contribution in [2.45, 2.75) is 32.7 Å². The van der Waals surface area contributed by atoms with Crippen molar-refractivity contribution in [2.24, 2.45) is 5.92 Å². The normalized spacial score (nSPS) is 38.4. The van der Waals surface area contributed by atoms with Crippen molar-refractivity contribution < 1.29 is 4.48 Å². The van der Waals surface area contributed by atoms with Gasteiger partial charge < -0.3 is 4.48 Å². The molecule has 0 aromatic rings. The summed E-state index contributed by atoms with van der Waals surface area (Å²) < 4.78 is 1.23. The summed E-state index contributed by atoms with van der Waals surface area (Å²) in [7, 11) is 4.70. The van der Waals surface area contributed by atoms with E-state index in [4.69, 9.17) is 0 Å². The Bertz CT molecular complexity index is 118. The van der Waals surface area contributed by atoms with Crippen molar-refractivity contribution >= 4 is 0 Å². The Balaban J connectivity index is 2.58. The molecule has 10 heavy (non-hydrogen) atoms. The summed E-state index contributed by atoms with van der Waals surface area (Å²) in [5, 5.41) is 0. The molecule has 0 aliphatic carbocycles. The molecule has 2 atom stereocenters. The Morgan fingerprint density at radius 1 is 1.40 bits per heavy atom. The van der Waals surface area contributed by atoms with Crippen LogP contribution in [0.1, 0.15) is 26.7 Å². The van der Waals surface area contributed by atoms with Crippen molar-refractivity contribution in [3.05, 3.63) is 0 Å². The van der Waals surface area contributed by atoms with E-state index < -0.39 is 0 Å². The largest absolute Gasteiger partial charge is 0.326 e. The highest BCUT2D eigenvalue weighted by molar-refractivity contribution is 4.71. The van der Waals surface area contributed by atoms with Crippen LogP contribution >= 0.6 is 0 Å². The van der Waals surface area contributed by atoms with E-state index >= 15 is 0 Å². The van der Waals surface area contributed by atoms with Gasteiger partial charge in [0.2, 0.25) is 0 Å². The highest BCUT2D eigenvalue weighted by Crippen LogP contribution is 2.29. The molecule has 1 heteroatoms. The molecule has 2 unspecified atom stereocenters. The summed E-state index contributed by atoms with van der Waals surface area (Å²) >= 11 is 0. The van der Waals surface area contributed by atoms with Crippen molar-refractivity contribution in [3.63, 3.8) is 0 Å². The predicted molar refractivity (Wildman–Crippen MR) is 44.8 cm³/mol. The summed E-state index contributed by atoms with van der Waals surface area (Å²) in [5.41, 5.74) is 0. The lowest BCUT2D eigenvalue weighted by molar-refractivity contribution is -0.902. The highest BCUT2D eigenvalue weighted by Gasteiger charge is 2.37. The molecule has 1 aliphatic rings. The number of likely N-dealkylation sites (tertiary alicyclic amines) is 1. The van der Waals surface area contributed by atoms with Gasteiger partial charge in [0.15, 0.2) is 0 Å². The Kier molecular flexibility index (Phi) is 2.04. The second-order valence-electron chi connectivity index (χ2n) is 4.20. The number of rotatable bonds is 1. The van der Waals surface area contributed by atoms with E-state index in [1.165, 1.54) is 23.9 Å². The first kappa shape index (κ1) is 8.06. The maximum atomic E-state index is 2.39. The standard InChI is InChI=1S/C9H20N/c1-5-9-6-7-10(3,4)8(9)2/h8-9H,5-7H2,1-4H3/q+1. The van der Waals surface area contributed by atoms with Crippen LogP contribution in [0.5, 0.6) is 0 Å². The first-order valence-corrected chi connectivity index (χ1v) is 4.40. The van der Waals surface area contributed by atoms with Crippen LogP contribution in [-0.4, -0.2) is 31.2 Å². The summed E-state index contributed by atoms with van der Waals surface area (Å²) in [4.78, 5) is 0. The molecule has 60 valence electrons. The molecule has 1 heterocycles. The van der Waals surface area contributed by atoms with Crippen molar-refractivity contribution in [1.82, 2.24) is 0 Å². The van der Waals surface area contributed by atoms with Gasteiger partial charge in [0.25, 0.3) is 0 Å². The van der Waals surface area contributed by atoms with E-state index in [1.807, 2.05) is 0 Å². The van der Waals surface area contributed by atoms with Gasteiger partial charge in [-0.15, -0.1) is 0 Å². The molecule has 0 aromatic carbocycles. The predicted octanol–water partition coefficient (Wildman–Crippen LogP) is 1.88. The van der Waals surface area contributed by atoms with Crippen molar-refractivity contribution in [3.8, 4) is 0 Å². The van der Waals surface area contributed by atoms with E-state index in [-0.39, 0.29) is 0 Å². The molecule has 0 bridgehead atoms. The third-order valence-electron chi connectivity index (χ3n) is 3.39. The van der Waals surface area contributed by atoms with Gasteiger partial charge in [0.05, 0.1) is 26.7 Å². The van der Waals surface area contributed by atoms with Crippen LogP contribution in [0, 0.1) is 5.92 Å². The monoisotopic (exact) mass is 142 g/mol. The molecular weight excluding hydrogens is 122 g/mol. The molecule has 1 saturated heterocycles. The van der Waals surface area contributed by atoms with Gasteiger partial charge in [-0.3, -0.25) is 0 Å². The van der Waals surface area contributed by atoms with Crippen LogP contribution in [0.15, 0.2) is 0 Å². The van der Waals surface area contributed by atoms with Crippen LogP contribution in [0.25, 0.3) is 0 Å². The minimum atomic E-state index is 0.880. The van der Waals surface area contributed by atoms with Gasteiger partial charge in [-0.25, -0.2) is 0 Å². The molecule has 1 aliphatic heterocycles. The zero-order chi connectivity index (χ0) is 7.78. The molecule has 0 saturated carbocycles. The fourth-order valence-electron chi connectivity index (χ4n) is 2.06. The number of hydrogen-bond acceptors (Lipinski definition) is 0. The zero-order valence-corrected chi connectivity index (χ0v) is 7.72. The Hall–Kier alpha value is -0.0400. The lowest BCUT2D eigenvalue weighted by Gasteiger charge is -2.30. The maximum absolute atomic E-state index is 2.39. The molecule has 0 aromatic heterocycles. The summed E-state index contributed by atoms with van der Waals surface area (Å²) in [5.74, 6) is 0.981. The molecule has 0 amide bonds. The van der Waals surface area contributed by atoms with E-state index in [1.54, 1.807) is 0 Å². The Labute approximate surface area is 64.6 Å². The van der Waals surface area contributed by atoms with E-state index in [2.05, 4.69) is 27.9 Å². The second-order valence-corrected chi connectivity index (χ2v) is 4.20. The third kappa shape index (κ3) is 1.20. The molecule has 1 fully saturated rings. The quantitative estimate of drug-likeness (QED) is 0.490. The molecule has 0 radical (unpaired) electrons. The van der Waals surface area contributed by atoms with Gasteiger partial charge in [-0.05, 0) is 13.3 Å². The molecule has 0 N–H and O–H groups in total. The van der Waals surface area contributed by atoms with Gasteiger partial charge in [0, 0.05) is 12.3 Å². The van der Waals surface area contributed by atoms with Crippen molar-refractivity contribution in [1.29, 1.82) is 0 Å². The maximum Gasteiger partial charge on any atom is 0.0888 e. The molecule has 0 spiro atoms. The third-order valence-corrected chi connectivity index (χ3v) is 3.39. The number of quaternary nitrogens is 1. The Morgan fingerprint density at radius 2 is 2.00 bits per heavy atom. The lowest BCUT2D eigenvalue weighted by Crippen LogP contribution is -2.43. The van der Waals surface area contributed by atoms with Crippen LogP contribution in [0.4, 0.5) is 0 Å². The molecule has 1 rings (SSSR count). The van der Waals surface area contributed by atoms with Gasteiger partial charge >= 0.3 is 0 Å². The van der Waals surface area contributed by atoms with Gasteiger partial charge in [-0.2, -0.15) is 0 Å². The van der Waals surface area contributed by atoms with Gasteiger partial charge in [0.1, 0.15) is 0 Å². The lowest BCUT2D eigenvalue weighted by atomic mass is 9.99. The highest BCUT2D eigenvalue weighted by atomic mass is 15.3. The topological polar surface area (TPSA) is 0 Å². The fourth-order valence-corrected chi connectivity index (χ4v) is 2.06. The average Bonchev–Trinajstić information content (AvgIpc) is 2.10. The molecular formula is C9H20N+. The van der Waals surface area contributed by atoms with Crippen LogP contribution < -0.4 is 0 Å². The van der Waals surface area contributed by atoms with Crippen LogP contribution in [-0.2, 0) is 0 Å². The van der Waals surface area contributed by atoms with Crippen molar-refractivity contribution in [2.75, 3.05) is 20.6 Å². The summed E-state index contributed by atoms with van der Waals surface area (Å²) in [6, 6.07) is 0.880. The minimum absolute atomic E-state index is 0.880. The minimum Gasteiger partial charge on any atom is -0.326 e. The first-order valence-electron chi connectivity index (χ1n) is 4.40. The van der Waals surface area contributed by atoms with E-state index in [9.17, 15) is 0 Å². The summed E-state index contributed by atoms with van der Waals surface area (Å²) in [6.45, 7) is 6.08. The smallest absolute Gasteiger partial charge is 0.0888 e. The fraction of sp³-hybridized carbons (Fsp3) is 1.00. The van der Waals surface area contributed by atoms with Crippen LogP contribution in [0.2, 0.25) is 0 Å². The number of hydrogen-bond donors (Lipinski definition) is 0. The second kappa shape index (κ2) is 2.54. The average molecular weight is 142 g/mol. The van der Waals surface area contributed by atoms with Gasteiger partial charge in [-0.1, -0.05) is 6.92 Å².